The van der Waals surface area contributed by atoms with E-state index < -0.39 is 0 Å². The van der Waals surface area contributed by atoms with Gasteiger partial charge in [0.2, 0.25) is 17.8 Å². The van der Waals surface area contributed by atoms with Crippen molar-refractivity contribution in [3.8, 4) is 0 Å². The van der Waals surface area contributed by atoms with Crippen molar-refractivity contribution in [1.29, 1.82) is 0 Å². The van der Waals surface area contributed by atoms with Gasteiger partial charge in [0.1, 0.15) is 0 Å². The van der Waals surface area contributed by atoms with E-state index in [-0.39, 0.29) is 0 Å². The predicted octanol–water partition coefficient (Wildman–Crippen LogP) is -0.319. The Bertz CT molecular complexity index is 444. The number of piperazine rings is 2. The van der Waals surface area contributed by atoms with Crippen molar-refractivity contribution in [1.82, 2.24) is 25.6 Å². The van der Waals surface area contributed by atoms with Crippen LogP contribution in [0.15, 0.2) is 0 Å². The maximum atomic E-state index is 4.84. The molecule has 0 atom stereocenters. The second kappa shape index (κ2) is 7.48. The number of nitrogens with one attached hydrogen (secondary N) is 2. The van der Waals surface area contributed by atoms with Crippen LogP contribution in [0.5, 0.6) is 0 Å². The first-order valence-electron chi connectivity index (χ1n) is 9.32. The molecule has 8 nitrogen and oxygen atoms in total. The summed E-state index contributed by atoms with van der Waals surface area (Å²) >= 11 is 0. The smallest absolute Gasteiger partial charge is 0.232 e. The van der Waals surface area contributed by atoms with Gasteiger partial charge in [-0.2, -0.15) is 15.0 Å². The van der Waals surface area contributed by atoms with Crippen LogP contribution < -0.4 is 25.3 Å². The molecule has 0 unspecified atom stereocenters. The summed E-state index contributed by atoms with van der Waals surface area (Å²) in [5.74, 6) is 2.56. The molecular formula is C16H28N8. The van der Waals surface area contributed by atoms with E-state index in [9.17, 15) is 0 Å². The highest BCUT2D eigenvalue weighted by atomic mass is 15.4. The quantitative estimate of drug-likeness (QED) is 0.780. The number of hydrogen-bond donors (Lipinski definition) is 2. The van der Waals surface area contributed by atoms with E-state index in [1.807, 2.05) is 0 Å². The van der Waals surface area contributed by atoms with Gasteiger partial charge in [-0.3, -0.25) is 0 Å². The van der Waals surface area contributed by atoms with Crippen LogP contribution in [0.3, 0.4) is 0 Å². The Labute approximate surface area is 143 Å². The maximum absolute atomic E-state index is 4.84. The third kappa shape index (κ3) is 3.54. The monoisotopic (exact) mass is 332 g/mol. The molecule has 3 fully saturated rings. The van der Waals surface area contributed by atoms with Crippen molar-refractivity contribution in [2.24, 2.45) is 0 Å². The number of rotatable bonds is 3. The Kier molecular flexibility index (Phi) is 4.94. The Balaban J connectivity index is 1.63. The standard InChI is InChI=1S/C16H28N8/c1-2-8-22(9-3-1)14-19-15(23-10-4-17-5-11-23)21-16(20-14)24-12-6-18-7-13-24/h17-18H,1-13H2. The van der Waals surface area contributed by atoms with Gasteiger partial charge in [0.05, 0.1) is 0 Å². The number of piperidine rings is 1. The second-order valence-corrected chi connectivity index (χ2v) is 6.76. The van der Waals surface area contributed by atoms with Gasteiger partial charge < -0.3 is 25.3 Å². The highest BCUT2D eigenvalue weighted by Crippen LogP contribution is 2.22. The van der Waals surface area contributed by atoms with Gasteiger partial charge in [0, 0.05) is 65.4 Å². The molecule has 3 saturated heterocycles. The summed E-state index contributed by atoms with van der Waals surface area (Å²) in [5.41, 5.74) is 0. The minimum absolute atomic E-state index is 0.848. The van der Waals surface area contributed by atoms with E-state index in [1.165, 1.54) is 19.3 Å². The van der Waals surface area contributed by atoms with Crippen molar-refractivity contribution in [2.75, 3.05) is 80.1 Å². The fourth-order valence-electron chi connectivity index (χ4n) is 3.59. The molecular weight excluding hydrogens is 304 g/mol. The minimum atomic E-state index is 0.848. The summed E-state index contributed by atoms with van der Waals surface area (Å²) in [6, 6.07) is 0. The highest BCUT2D eigenvalue weighted by molar-refractivity contribution is 5.47. The van der Waals surface area contributed by atoms with Gasteiger partial charge in [-0.25, -0.2) is 0 Å². The normalized spacial score (nSPS) is 22.8. The third-order valence-electron chi connectivity index (χ3n) is 5.04. The van der Waals surface area contributed by atoms with Crippen molar-refractivity contribution in [2.45, 2.75) is 19.3 Å². The van der Waals surface area contributed by atoms with Crippen LogP contribution in [0, 0.1) is 0 Å². The van der Waals surface area contributed by atoms with E-state index in [2.05, 4.69) is 25.3 Å². The molecule has 0 saturated carbocycles. The minimum Gasteiger partial charge on any atom is -0.341 e. The largest absolute Gasteiger partial charge is 0.341 e. The maximum Gasteiger partial charge on any atom is 0.232 e. The predicted molar refractivity (Wildman–Crippen MR) is 96.1 cm³/mol. The molecule has 4 rings (SSSR count). The molecule has 2 N–H and O–H groups in total. The molecule has 24 heavy (non-hydrogen) atoms. The van der Waals surface area contributed by atoms with Crippen LogP contribution in [0.2, 0.25) is 0 Å². The molecule has 0 amide bonds. The van der Waals surface area contributed by atoms with Gasteiger partial charge in [-0.15, -0.1) is 0 Å². The molecule has 0 bridgehead atoms. The van der Waals surface area contributed by atoms with E-state index in [1.54, 1.807) is 0 Å². The second-order valence-electron chi connectivity index (χ2n) is 6.76. The van der Waals surface area contributed by atoms with Crippen molar-refractivity contribution in [3.05, 3.63) is 0 Å². The van der Waals surface area contributed by atoms with Gasteiger partial charge in [-0.05, 0) is 19.3 Å². The summed E-state index contributed by atoms with van der Waals surface area (Å²) in [6.07, 6.45) is 3.78. The SMILES string of the molecule is C1CCN(c2nc(N3CCNCC3)nc(N3CCNCC3)n2)CC1. The van der Waals surface area contributed by atoms with Crippen molar-refractivity contribution >= 4 is 17.8 Å². The Morgan fingerprint density at radius 3 is 1.29 bits per heavy atom. The van der Waals surface area contributed by atoms with Crippen LogP contribution >= 0.6 is 0 Å². The summed E-state index contributed by atoms with van der Waals surface area (Å²) in [5, 5.41) is 6.80. The Morgan fingerprint density at radius 1 is 0.500 bits per heavy atom. The van der Waals surface area contributed by atoms with Gasteiger partial charge in [0.15, 0.2) is 0 Å². The first-order valence-corrected chi connectivity index (χ1v) is 9.32. The molecule has 8 heteroatoms. The number of nitrogens with zero attached hydrogens (tertiary/aromatic N) is 6. The van der Waals surface area contributed by atoms with E-state index >= 15 is 0 Å². The van der Waals surface area contributed by atoms with Crippen LogP contribution in [0.25, 0.3) is 0 Å². The Morgan fingerprint density at radius 2 is 0.875 bits per heavy atom. The zero-order chi connectivity index (χ0) is 16.2. The summed E-state index contributed by atoms with van der Waals surface area (Å²) in [4.78, 5) is 21.4. The molecule has 0 aliphatic carbocycles. The molecule has 3 aliphatic heterocycles. The molecule has 4 heterocycles. The molecule has 0 aromatic carbocycles. The average molecular weight is 332 g/mol. The van der Waals surface area contributed by atoms with E-state index in [0.717, 1.165) is 83.3 Å². The molecule has 3 aliphatic rings. The highest BCUT2D eigenvalue weighted by Gasteiger charge is 2.22. The number of aromatic nitrogens is 3. The van der Waals surface area contributed by atoms with Gasteiger partial charge in [0.25, 0.3) is 0 Å². The van der Waals surface area contributed by atoms with Gasteiger partial charge >= 0.3 is 0 Å². The van der Waals surface area contributed by atoms with Crippen LogP contribution in [0.4, 0.5) is 17.8 Å². The van der Waals surface area contributed by atoms with E-state index in [4.69, 9.17) is 15.0 Å². The topological polar surface area (TPSA) is 72.5 Å². The van der Waals surface area contributed by atoms with Crippen molar-refractivity contribution in [3.63, 3.8) is 0 Å². The Hall–Kier alpha value is -1.67. The van der Waals surface area contributed by atoms with E-state index in [0.29, 0.717) is 0 Å². The van der Waals surface area contributed by atoms with Crippen molar-refractivity contribution < 1.29 is 0 Å². The summed E-state index contributed by atoms with van der Waals surface area (Å²) in [6.45, 7) is 9.95. The molecule has 1 aromatic rings. The zero-order valence-electron chi connectivity index (χ0n) is 14.4. The number of anilines is 3. The van der Waals surface area contributed by atoms with Crippen LogP contribution in [-0.4, -0.2) is 80.4 Å². The molecule has 0 radical (unpaired) electrons. The number of hydrogen-bond acceptors (Lipinski definition) is 8. The first kappa shape index (κ1) is 15.8. The summed E-state index contributed by atoms with van der Waals surface area (Å²) < 4.78 is 0. The molecule has 1 aromatic heterocycles. The molecule has 0 spiro atoms. The zero-order valence-corrected chi connectivity index (χ0v) is 14.4. The summed E-state index contributed by atoms with van der Waals surface area (Å²) in [7, 11) is 0. The lowest BCUT2D eigenvalue weighted by Gasteiger charge is -2.33. The lowest BCUT2D eigenvalue weighted by Crippen LogP contribution is -2.46. The first-order chi connectivity index (χ1) is 11.9. The van der Waals surface area contributed by atoms with Gasteiger partial charge in [-0.1, -0.05) is 0 Å². The fourth-order valence-corrected chi connectivity index (χ4v) is 3.59. The average Bonchev–Trinajstić information content (AvgIpc) is 2.70. The fraction of sp³-hybridized carbons (Fsp3) is 0.812. The lowest BCUT2D eigenvalue weighted by atomic mass is 10.1. The lowest BCUT2D eigenvalue weighted by molar-refractivity contribution is 0.553. The third-order valence-corrected chi connectivity index (χ3v) is 5.04. The molecule has 132 valence electrons. The van der Waals surface area contributed by atoms with Crippen LogP contribution in [-0.2, 0) is 0 Å². The van der Waals surface area contributed by atoms with Crippen LogP contribution in [0.1, 0.15) is 19.3 Å².